The molecule has 0 fully saturated rings. The average molecular weight is 482 g/mol. The monoisotopic (exact) mass is 482 g/mol. The zero-order chi connectivity index (χ0) is 18.7. The van der Waals surface area contributed by atoms with Gasteiger partial charge in [-0.25, -0.2) is 8.78 Å². The summed E-state index contributed by atoms with van der Waals surface area (Å²) in [6, 6.07) is 4.56. The Hall–Kier alpha value is -0.960. The maximum Gasteiger partial charge on any atom is 0.191 e. The van der Waals surface area contributed by atoms with Crippen molar-refractivity contribution in [3.63, 3.8) is 0 Å². The number of aliphatic imine (C=N–C) groups is 1. The molecule has 1 aromatic rings. The SMILES string of the molecule is CCN(CC)CCCC(C)NC(=NC)NCCc1cccc(F)c1F.I. The van der Waals surface area contributed by atoms with Gasteiger partial charge in [0.25, 0.3) is 0 Å². The summed E-state index contributed by atoms with van der Waals surface area (Å²) in [5, 5.41) is 6.50. The summed E-state index contributed by atoms with van der Waals surface area (Å²) in [5.41, 5.74) is 0.371. The molecule has 0 radical (unpaired) electrons. The number of hydrogen-bond donors (Lipinski definition) is 2. The molecular weight excluding hydrogens is 449 g/mol. The fourth-order valence-electron chi connectivity index (χ4n) is 2.72. The van der Waals surface area contributed by atoms with Gasteiger partial charge in [0, 0.05) is 19.6 Å². The largest absolute Gasteiger partial charge is 0.356 e. The highest BCUT2D eigenvalue weighted by Gasteiger charge is 2.09. The van der Waals surface area contributed by atoms with Gasteiger partial charge in [-0.15, -0.1) is 24.0 Å². The number of rotatable bonds is 10. The third-order valence-electron chi connectivity index (χ3n) is 4.33. The molecule has 1 unspecified atom stereocenters. The first-order chi connectivity index (χ1) is 12.0. The third kappa shape index (κ3) is 9.12. The second kappa shape index (κ2) is 14.1. The standard InChI is InChI=1S/C19H32F2N4.HI/c1-5-25(6-2)14-8-9-15(3)24-19(22-4)23-13-12-16-10-7-11-17(20)18(16)21;/h7,10-11,15H,5-6,8-9,12-14H2,1-4H3,(H2,22,23,24);1H. The molecule has 0 aromatic heterocycles. The second-order valence-electron chi connectivity index (χ2n) is 6.18. The fraction of sp³-hybridized carbons (Fsp3) is 0.632. The predicted molar refractivity (Wildman–Crippen MR) is 116 cm³/mol. The van der Waals surface area contributed by atoms with E-state index in [1.807, 2.05) is 0 Å². The summed E-state index contributed by atoms with van der Waals surface area (Å²) in [6.07, 6.45) is 2.58. The van der Waals surface area contributed by atoms with E-state index >= 15 is 0 Å². The molecule has 1 aromatic carbocycles. The number of nitrogens with one attached hydrogen (secondary N) is 2. The molecule has 4 nitrogen and oxygen atoms in total. The maximum atomic E-state index is 13.6. The van der Waals surface area contributed by atoms with Crippen molar-refractivity contribution in [3.05, 3.63) is 35.4 Å². The van der Waals surface area contributed by atoms with Gasteiger partial charge in [0.15, 0.2) is 17.6 Å². The van der Waals surface area contributed by atoms with Gasteiger partial charge < -0.3 is 15.5 Å². The van der Waals surface area contributed by atoms with Crippen LogP contribution < -0.4 is 10.6 Å². The summed E-state index contributed by atoms with van der Waals surface area (Å²) in [4.78, 5) is 6.60. The van der Waals surface area contributed by atoms with Crippen LogP contribution >= 0.6 is 24.0 Å². The normalized spacial score (nSPS) is 12.7. The second-order valence-corrected chi connectivity index (χ2v) is 6.18. The van der Waals surface area contributed by atoms with Crippen LogP contribution in [-0.4, -0.2) is 50.1 Å². The molecule has 0 aliphatic heterocycles. The number of benzene rings is 1. The van der Waals surface area contributed by atoms with Crippen LogP contribution in [0.5, 0.6) is 0 Å². The molecule has 0 saturated carbocycles. The summed E-state index contributed by atoms with van der Waals surface area (Å²) in [7, 11) is 1.71. The molecule has 0 aliphatic carbocycles. The van der Waals surface area contributed by atoms with E-state index < -0.39 is 11.6 Å². The highest BCUT2D eigenvalue weighted by atomic mass is 127. The number of halogens is 3. The summed E-state index contributed by atoms with van der Waals surface area (Å²) < 4.78 is 26.8. The Morgan fingerprint density at radius 3 is 2.54 bits per heavy atom. The number of nitrogens with zero attached hydrogens (tertiary/aromatic N) is 2. The lowest BCUT2D eigenvalue weighted by Gasteiger charge is -2.21. The van der Waals surface area contributed by atoms with Crippen LogP contribution in [0.15, 0.2) is 23.2 Å². The molecule has 0 aliphatic rings. The maximum absolute atomic E-state index is 13.6. The van der Waals surface area contributed by atoms with Crippen molar-refractivity contribution in [1.82, 2.24) is 15.5 Å². The molecule has 0 amide bonds. The minimum Gasteiger partial charge on any atom is -0.356 e. The Morgan fingerprint density at radius 1 is 1.23 bits per heavy atom. The van der Waals surface area contributed by atoms with Crippen LogP contribution in [0.2, 0.25) is 0 Å². The molecule has 0 bridgehead atoms. The Balaban J connectivity index is 0.00000625. The van der Waals surface area contributed by atoms with Crippen LogP contribution in [0, 0.1) is 11.6 Å². The molecule has 26 heavy (non-hydrogen) atoms. The zero-order valence-corrected chi connectivity index (χ0v) is 18.6. The van der Waals surface area contributed by atoms with Crippen LogP contribution in [0.1, 0.15) is 39.2 Å². The van der Waals surface area contributed by atoms with E-state index in [-0.39, 0.29) is 24.0 Å². The first-order valence-corrected chi connectivity index (χ1v) is 9.14. The van der Waals surface area contributed by atoms with Crippen LogP contribution in [0.3, 0.4) is 0 Å². The lowest BCUT2D eigenvalue weighted by molar-refractivity contribution is 0.292. The van der Waals surface area contributed by atoms with Gasteiger partial charge >= 0.3 is 0 Å². The van der Waals surface area contributed by atoms with Gasteiger partial charge in [0.05, 0.1) is 0 Å². The zero-order valence-electron chi connectivity index (χ0n) is 16.3. The molecule has 0 spiro atoms. The molecule has 0 heterocycles. The Labute approximate surface area is 173 Å². The van der Waals surface area contributed by atoms with E-state index in [4.69, 9.17) is 0 Å². The Morgan fingerprint density at radius 2 is 1.92 bits per heavy atom. The van der Waals surface area contributed by atoms with Crippen molar-refractivity contribution >= 4 is 29.9 Å². The van der Waals surface area contributed by atoms with Crippen molar-refractivity contribution in [1.29, 1.82) is 0 Å². The van der Waals surface area contributed by atoms with Gasteiger partial charge in [0.1, 0.15) is 0 Å². The molecule has 150 valence electrons. The van der Waals surface area contributed by atoms with E-state index in [0.717, 1.165) is 38.5 Å². The topological polar surface area (TPSA) is 39.7 Å². The smallest absolute Gasteiger partial charge is 0.191 e. The molecule has 2 N–H and O–H groups in total. The first-order valence-electron chi connectivity index (χ1n) is 9.14. The lowest BCUT2D eigenvalue weighted by atomic mass is 10.1. The first kappa shape index (κ1) is 25.0. The summed E-state index contributed by atoms with van der Waals surface area (Å²) in [6.45, 7) is 10.2. The minimum absolute atomic E-state index is 0. The Kier molecular flexibility index (Phi) is 13.6. The van der Waals surface area contributed by atoms with E-state index in [2.05, 4.69) is 41.3 Å². The van der Waals surface area contributed by atoms with Gasteiger partial charge in [-0.2, -0.15) is 0 Å². The average Bonchev–Trinajstić information content (AvgIpc) is 2.61. The molecule has 1 rings (SSSR count). The molecule has 1 atom stereocenters. The quantitative estimate of drug-likeness (QED) is 0.303. The number of hydrogen-bond acceptors (Lipinski definition) is 2. The minimum atomic E-state index is -0.804. The van der Waals surface area contributed by atoms with Crippen LogP contribution in [0.25, 0.3) is 0 Å². The lowest BCUT2D eigenvalue weighted by Crippen LogP contribution is -2.43. The van der Waals surface area contributed by atoms with Gasteiger partial charge in [0.2, 0.25) is 0 Å². The molecular formula is C19H33F2IN4. The van der Waals surface area contributed by atoms with Crippen molar-refractivity contribution in [3.8, 4) is 0 Å². The van der Waals surface area contributed by atoms with Gasteiger partial charge in [-0.05, 0) is 57.5 Å². The van der Waals surface area contributed by atoms with Crippen LogP contribution in [0.4, 0.5) is 8.78 Å². The number of guanidine groups is 1. The van der Waals surface area contributed by atoms with E-state index in [1.54, 1.807) is 13.1 Å². The van der Waals surface area contributed by atoms with E-state index in [1.165, 1.54) is 6.07 Å². The highest BCUT2D eigenvalue weighted by Crippen LogP contribution is 2.11. The molecule has 7 heteroatoms. The van der Waals surface area contributed by atoms with Crippen molar-refractivity contribution in [2.45, 2.75) is 46.1 Å². The summed E-state index contributed by atoms with van der Waals surface area (Å²) >= 11 is 0. The third-order valence-corrected chi connectivity index (χ3v) is 4.33. The van der Waals surface area contributed by atoms with Gasteiger partial charge in [-0.1, -0.05) is 26.0 Å². The predicted octanol–water partition coefficient (Wildman–Crippen LogP) is 3.80. The summed E-state index contributed by atoms with van der Waals surface area (Å²) in [5.74, 6) is -0.883. The van der Waals surface area contributed by atoms with Crippen molar-refractivity contribution in [2.75, 3.05) is 33.2 Å². The van der Waals surface area contributed by atoms with E-state index in [0.29, 0.717) is 30.5 Å². The Bertz CT molecular complexity index is 536. The van der Waals surface area contributed by atoms with Gasteiger partial charge in [-0.3, -0.25) is 4.99 Å². The molecule has 0 saturated heterocycles. The fourth-order valence-corrected chi connectivity index (χ4v) is 2.72. The van der Waals surface area contributed by atoms with Crippen molar-refractivity contribution in [2.24, 2.45) is 4.99 Å². The highest BCUT2D eigenvalue weighted by molar-refractivity contribution is 14.0. The van der Waals surface area contributed by atoms with E-state index in [9.17, 15) is 8.78 Å². The van der Waals surface area contributed by atoms with Crippen LogP contribution in [-0.2, 0) is 6.42 Å². The van der Waals surface area contributed by atoms with Crippen molar-refractivity contribution < 1.29 is 8.78 Å².